The Morgan fingerprint density at radius 1 is 1.57 bits per heavy atom. The summed E-state index contributed by atoms with van der Waals surface area (Å²) in [7, 11) is 1.24. The Morgan fingerprint density at radius 3 is 2.86 bits per heavy atom. The van der Waals surface area contributed by atoms with Gasteiger partial charge in [-0.1, -0.05) is 0 Å². The van der Waals surface area contributed by atoms with Crippen LogP contribution in [0.2, 0.25) is 0 Å². The third-order valence-electron chi connectivity index (χ3n) is 1.58. The largest absolute Gasteiger partial charge is 0.508 e. The molecule has 0 fully saturated rings. The van der Waals surface area contributed by atoms with Crippen LogP contribution in [0.5, 0.6) is 5.75 Å². The van der Waals surface area contributed by atoms with E-state index in [1.165, 1.54) is 25.3 Å². The second-order valence-corrected chi connectivity index (χ2v) is 2.56. The molecule has 74 valence electrons. The van der Waals surface area contributed by atoms with Gasteiger partial charge in [0.2, 0.25) is 0 Å². The molecule has 1 N–H and O–H groups in total. The van der Waals surface area contributed by atoms with Crippen molar-refractivity contribution in [3.05, 3.63) is 35.7 Å². The van der Waals surface area contributed by atoms with Gasteiger partial charge in [-0.25, -0.2) is 9.18 Å². The number of methoxy groups -OCH3 is 1. The molecule has 0 saturated carbocycles. The third-order valence-corrected chi connectivity index (χ3v) is 1.58. The molecule has 0 spiro atoms. The summed E-state index contributed by atoms with van der Waals surface area (Å²) in [5.41, 5.74) is 0.216. The third kappa shape index (κ3) is 2.58. The molecule has 3 nitrogen and oxygen atoms in total. The number of hydrogen-bond donors (Lipinski definition) is 1. The predicted molar refractivity (Wildman–Crippen MR) is 49.1 cm³/mol. The Kier molecular flexibility index (Phi) is 3.23. The Bertz CT molecular complexity index is 372. The summed E-state index contributed by atoms with van der Waals surface area (Å²) >= 11 is 0. The summed E-state index contributed by atoms with van der Waals surface area (Å²) in [4.78, 5) is 10.7. The summed E-state index contributed by atoms with van der Waals surface area (Å²) in [6.07, 6.45) is 2.38. The van der Waals surface area contributed by atoms with Crippen LogP contribution in [0.3, 0.4) is 0 Å². The fourth-order valence-electron chi connectivity index (χ4n) is 0.877. The molecule has 1 aromatic rings. The number of phenolic OH excluding ortho intramolecular Hbond substituents is 1. The van der Waals surface area contributed by atoms with Gasteiger partial charge in [0.15, 0.2) is 0 Å². The molecule has 0 atom stereocenters. The highest BCUT2D eigenvalue weighted by Crippen LogP contribution is 2.15. The number of phenols is 1. The van der Waals surface area contributed by atoms with E-state index in [1.54, 1.807) is 0 Å². The van der Waals surface area contributed by atoms with Gasteiger partial charge in [-0.2, -0.15) is 0 Å². The van der Waals surface area contributed by atoms with Crippen molar-refractivity contribution in [3.8, 4) is 5.75 Å². The summed E-state index contributed by atoms with van der Waals surface area (Å²) in [5.74, 6) is -1.31. The first-order valence-corrected chi connectivity index (χ1v) is 3.88. The molecule has 1 aromatic carbocycles. The Hall–Kier alpha value is -1.84. The van der Waals surface area contributed by atoms with E-state index >= 15 is 0 Å². The van der Waals surface area contributed by atoms with Crippen LogP contribution in [0, 0.1) is 5.82 Å². The Labute approximate surface area is 80.4 Å². The van der Waals surface area contributed by atoms with Crippen molar-refractivity contribution in [2.24, 2.45) is 0 Å². The minimum Gasteiger partial charge on any atom is -0.508 e. The first-order valence-electron chi connectivity index (χ1n) is 3.88. The summed E-state index contributed by atoms with van der Waals surface area (Å²) in [6, 6.07) is 3.67. The fourth-order valence-corrected chi connectivity index (χ4v) is 0.877. The van der Waals surface area contributed by atoms with Gasteiger partial charge in [-0.05, 0) is 18.2 Å². The molecule has 0 unspecified atom stereocenters. The molecule has 0 amide bonds. The number of esters is 1. The molecule has 0 aromatic heterocycles. The maximum atomic E-state index is 13.0. The Morgan fingerprint density at radius 2 is 2.29 bits per heavy atom. The average molecular weight is 196 g/mol. The van der Waals surface area contributed by atoms with E-state index in [0.717, 1.165) is 12.1 Å². The normalized spacial score (nSPS) is 10.4. The summed E-state index contributed by atoms with van der Waals surface area (Å²) < 4.78 is 17.4. The number of carbonyl (C=O) groups is 1. The number of halogens is 1. The van der Waals surface area contributed by atoms with E-state index < -0.39 is 11.8 Å². The van der Waals surface area contributed by atoms with Gasteiger partial charge >= 0.3 is 5.97 Å². The molecule has 0 saturated heterocycles. The van der Waals surface area contributed by atoms with Gasteiger partial charge < -0.3 is 9.84 Å². The maximum absolute atomic E-state index is 13.0. The minimum atomic E-state index is -0.592. The number of aromatic hydroxyl groups is 1. The van der Waals surface area contributed by atoms with Crippen LogP contribution in [0.1, 0.15) is 5.56 Å². The van der Waals surface area contributed by atoms with Crippen LogP contribution in [0.25, 0.3) is 6.08 Å². The zero-order valence-electron chi connectivity index (χ0n) is 7.53. The van der Waals surface area contributed by atoms with Crippen molar-refractivity contribution in [2.75, 3.05) is 7.11 Å². The number of carbonyl (C=O) groups excluding carboxylic acids is 1. The Balaban J connectivity index is 2.87. The second-order valence-electron chi connectivity index (χ2n) is 2.56. The van der Waals surface area contributed by atoms with Crippen molar-refractivity contribution in [1.82, 2.24) is 0 Å². The molecule has 0 bridgehead atoms. The van der Waals surface area contributed by atoms with Crippen LogP contribution < -0.4 is 0 Å². The quantitative estimate of drug-likeness (QED) is 0.578. The standard InChI is InChI=1S/C10H9FO3/c1-14-10(13)5-3-7-2-4-8(12)6-9(7)11/h2-6,12H,1H3/b5-3+. The summed E-state index contributed by atoms with van der Waals surface area (Å²) in [5, 5.41) is 8.91. The first-order chi connectivity index (χ1) is 6.63. The van der Waals surface area contributed by atoms with Gasteiger partial charge in [0, 0.05) is 17.7 Å². The van der Waals surface area contributed by atoms with Gasteiger partial charge in [-0.3, -0.25) is 0 Å². The number of ether oxygens (including phenoxy) is 1. The van der Waals surface area contributed by atoms with Gasteiger partial charge in [-0.15, -0.1) is 0 Å². The van der Waals surface area contributed by atoms with E-state index in [1.807, 2.05) is 0 Å². The molecule has 0 aliphatic heterocycles. The number of hydrogen-bond acceptors (Lipinski definition) is 3. The second kappa shape index (κ2) is 4.41. The number of benzene rings is 1. The van der Waals surface area contributed by atoms with Crippen molar-refractivity contribution < 1.29 is 19.0 Å². The molecule has 14 heavy (non-hydrogen) atoms. The lowest BCUT2D eigenvalue weighted by atomic mass is 10.2. The van der Waals surface area contributed by atoms with E-state index in [0.29, 0.717) is 0 Å². The van der Waals surface area contributed by atoms with Crippen LogP contribution in [-0.4, -0.2) is 18.2 Å². The maximum Gasteiger partial charge on any atom is 0.330 e. The average Bonchev–Trinajstić information content (AvgIpc) is 2.16. The highest BCUT2D eigenvalue weighted by Gasteiger charge is 2.00. The van der Waals surface area contributed by atoms with Crippen molar-refractivity contribution in [1.29, 1.82) is 0 Å². The zero-order valence-corrected chi connectivity index (χ0v) is 7.53. The fraction of sp³-hybridized carbons (Fsp3) is 0.100. The van der Waals surface area contributed by atoms with Gasteiger partial charge in [0.05, 0.1) is 7.11 Å². The van der Waals surface area contributed by atoms with Crippen LogP contribution >= 0.6 is 0 Å². The van der Waals surface area contributed by atoms with E-state index in [4.69, 9.17) is 5.11 Å². The van der Waals surface area contributed by atoms with Crippen molar-refractivity contribution >= 4 is 12.0 Å². The monoisotopic (exact) mass is 196 g/mol. The molecular formula is C10H9FO3. The lowest BCUT2D eigenvalue weighted by molar-refractivity contribution is -0.134. The van der Waals surface area contributed by atoms with Crippen LogP contribution in [-0.2, 0) is 9.53 Å². The van der Waals surface area contributed by atoms with Crippen molar-refractivity contribution in [3.63, 3.8) is 0 Å². The zero-order chi connectivity index (χ0) is 10.6. The lowest BCUT2D eigenvalue weighted by Crippen LogP contribution is -1.93. The highest BCUT2D eigenvalue weighted by molar-refractivity contribution is 5.86. The lowest BCUT2D eigenvalue weighted by Gasteiger charge is -1.97. The minimum absolute atomic E-state index is 0.155. The van der Waals surface area contributed by atoms with E-state index in [-0.39, 0.29) is 11.3 Å². The molecule has 0 radical (unpaired) electrons. The molecule has 0 heterocycles. The summed E-state index contributed by atoms with van der Waals surface area (Å²) in [6.45, 7) is 0. The van der Waals surface area contributed by atoms with Crippen LogP contribution in [0.15, 0.2) is 24.3 Å². The van der Waals surface area contributed by atoms with E-state index in [2.05, 4.69) is 4.74 Å². The topological polar surface area (TPSA) is 46.5 Å². The molecule has 1 rings (SSSR count). The smallest absolute Gasteiger partial charge is 0.330 e. The van der Waals surface area contributed by atoms with Gasteiger partial charge in [0.1, 0.15) is 11.6 Å². The SMILES string of the molecule is COC(=O)/C=C/c1ccc(O)cc1F. The molecular weight excluding hydrogens is 187 g/mol. The predicted octanol–water partition coefficient (Wildman–Crippen LogP) is 1.72. The van der Waals surface area contributed by atoms with Crippen molar-refractivity contribution in [2.45, 2.75) is 0 Å². The molecule has 0 aliphatic rings. The molecule has 4 heteroatoms. The van der Waals surface area contributed by atoms with Crippen LogP contribution in [0.4, 0.5) is 4.39 Å². The number of rotatable bonds is 2. The first kappa shape index (κ1) is 10.2. The molecule has 0 aliphatic carbocycles. The highest BCUT2D eigenvalue weighted by atomic mass is 19.1. The van der Waals surface area contributed by atoms with Gasteiger partial charge in [0.25, 0.3) is 0 Å². The van der Waals surface area contributed by atoms with E-state index in [9.17, 15) is 9.18 Å².